The summed E-state index contributed by atoms with van der Waals surface area (Å²) in [6, 6.07) is 15.1. The highest BCUT2D eigenvalue weighted by atomic mass is 32.1. The third-order valence-electron chi connectivity index (χ3n) is 6.52. The maximum absolute atomic E-state index is 14.3. The van der Waals surface area contributed by atoms with Crippen LogP contribution in [-0.4, -0.2) is 54.5 Å². The highest BCUT2D eigenvalue weighted by Gasteiger charge is 2.38. The number of ether oxygens (including phenoxy) is 2. The van der Waals surface area contributed by atoms with Gasteiger partial charge in [-0.3, -0.25) is 9.59 Å². The molecule has 0 bridgehead atoms. The quantitative estimate of drug-likeness (QED) is 0.455. The summed E-state index contributed by atoms with van der Waals surface area (Å²) in [4.78, 5) is 31.3. The molecule has 3 aromatic rings. The predicted octanol–water partition coefficient (Wildman–Crippen LogP) is 4.71. The smallest absolute Gasteiger partial charge is 0.257 e. The van der Waals surface area contributed by atoms with Crippen LogP contribution in [0.5, 0.6) is 11.5 Å². The molecule has 6 nitrogen and oxygen atoms in total. The summed E-state index contributed by atoms with van der Waals surface area (Å²) in [6.45, 7) is 0.755. The lowest BCUT2D eigenvalue weighted by molar-refractivity contribution is -0.135. The van der Waals surface area contributed by atoms with Crippen LogP contribution < -0.4 is 9.47 Å². The zero-order valence-corrected chi connectivity index (χ0v) is 20.3. The number of hydrogen-bond acceptors (Lipinski definition) is 5. The van der Waals surface area contributed by atoms with Gasteiger partial charge in [-0.15, -0.1) is 11.3 Å². The number of methoxy groups -OCH3 is 1. The van der Waals surface area contributed by atoms with Crippen molar-refractivity contribution in [2.45, 2.75) is 31.3 Å². The van der Waals surface area contributed by atoms with Crippen molar-refractivity contribution < 1.29 is 23.5 Å². The maximum atomic E-state index is 14.3. The number of thiophene rings is 1. The van der Waals surface area contributed by atoms with E-state index in [1.807, 2.05) is 35.7 Å². The Labute approximate surface area is 207 Å². The molecule has 2 aliphatic rings. The number of hydrogen-bond donors (Lipinski definition) is 0. The van der Waals surface area contributed by atoms with Crippen molar-refractivity contribution in [2.24, 2.45) is 0 Å². The van der Waals surface area contributed by atoms with Gasteiger partial charge in [-0.1, -0.05) is 18.2 Å². The van der Waals surface area contributed by atoms with Gasteiger partial charge in [0.05, 0.1) is 18.7 Å². The lowest BCUT2D eigenvalue weighted by Gasteiger charge is -2.37. The first-order valence-corrected chi connectivity index (χ1v) is 12.6. The van der Waals surface area contributed by atoms with E-state index in [1.54, 1.807) is 35.5 Å². The Morgan fingerprint density at radius 1 is 1.11 bits per heavy atom. The zero-order chi connectivity index (χ0) is 24.4. The van der Waals surface area contributed by atoms with Crippen LogP contribution in [0.25, 0.3) is 0 Å². The van der Waals surface area contributed by atoms with Crippen molar-refractivity contribution in [3.8, 4) is 11.5 Å². The van der Waals surface area contributed by atoms with Crippen molar-refractivity contribution in [1.29, 1.82) is 0 Å². The molecule has 0 spiro atoms. The van der Waals surface area contributed by atoms with Crippen LogP contribution in [0.4, 0.5) is 4.39 Å². The number of carbonyl (C=O) groups excluding carboxylic acids is 2. The zero-order valence-electron chi connectivity index (χ0n) is 19.5. The molecule has 2 aromatic carbocycles. The van der Waals surface area contributed by atoms with Gasteiger partial charge in [0.2, 0.25) is 5.91 Å². The number of rotatable bonds is 8. The molecule has 1 saturated carbocycles. The molecular formula is C27H27FN2O4S. The second-order valence-corrected chi connectivity index (χ2v) is 9.79. The second-order valence-electron chi connectivity index (χ2n) is 8.79. The Morgan fingerprint density at radius 2 is 1.91 bits per heavy atom. The SMILES string of the molecule is COc1cccc(OCC2c3ccsc3CCN2C(=O)CN(C(=O)c2ccccc2F)C2CC2)c1. The third kappa shape index (κ3) is 5.03. The second kappa shape index (κ2) is 10.1. The third-order valence-corrected chi connectivity index (χ3v) is 7.52. The molecule has 8 heteroatoms. The highest BCUT2D eigenvalue weighted by molar-refractivity contribution is 7.10. The van der Waals surface area contributed by atoms with E-state index < -0.39 is 11.7 Å². The van der Waals surface area contributed by atoms with Crippen LogP contribution in [0.2, 0.25) is 0 Å². The molecule has 1 aliphatic carbocycles. The molecule has 0 radical (unpaired) electrons. The minimum atomic E-state index is -0.568. The highest BCUT2D eigenvalue weighted by Crippen LogP contribution is 2.35. The molecule has 1 unspecified atom stereocenters. The van der Waals surface area contributed by atoms with Gasteiger partial charge in [0.1, 0.15) is 30.5 Å². The van der Waals surface area contributed by atoms with Crippen molar-refractivity contribution in [3.05, 3.63) is 81.8 Å². The van der Waals surface area contributed by atoms with E-state index in [0.717, 1.165) is 24.8 Å². The van der Waals surface area contributed by atoms with Crippen LogP contribution in [0.1, 0.15) is 39.7 Å². The van der Waals surface area contributed by atoms with Gasteiger partial charge in [0.15, 0.2) is 0 Å². The van der Waals surface area contributed by atoms with E-state index in [1.165, 1.54) is 21.9 Å². The van der Waals surface area contributed by atoms with Crippen molar-refractivity contribution in [3.63, 3.8) is 0 Å². The van der Waals surface area contributed by atoms with Gasteiger partial charge in [0, 0.05) is 23.5 Å². The van der Waals surface area contributed by atoms with E-state index in [2.05, 4.69) is 0 Å². The summed E-state index contributed by atoms with van der Waals surface area (Å²) >= 11 is 1.68. The van der Waals surface area contributed by atoms with Gasteiger partial charge in [-0.2, -0.15) is 0 Å². The molecule has 1 aliphatic heterocycles. The molecular weight excluding hydrogens is 467 g/mol. The van der Waals surface area contributed by atoms with E-state index in [0.29, 0.717) is 18.0 Å². The summed E-state index contributed by atoms with van der Waals surface area (Å²) in [7, 11) is 1.60. The molecule has 2 heterocycles. The fraction of sp³-hybridized carbons (Fsp3) is 0.333. The first-order chi connectivity index (χ1) is 17.0. The Hall–Kier alpha value is -3.39. The van der Waals surface area contributed by atoms with Crippen LogP contribution in [0, 0.1) is 5.82 Å². The van der Waals surface area contributed by atoms with Crippen molar-refractivity contribution in [2.75, 3.05) is 26.8 Å². The number of halogens is 1. The predicted molar refractivity (Wildman–Crippen MR) is 131 cm³/mol. The summed E-state index contributed by atoms with van der Waals surface area (Å²) < 4.78 is 25.7. The molecule has 1 fully saturated rings. The fourth-order valence-corrected chi connectivity index (χ4v) is 5.45. The fourth-order valence-electron chi connectivity index (χ4n) is 4.52. The maximum Gasteiger partial charge on any atom is 0.257 e. The molecule has 1 atom stereocenters. The monoisotopic (exact) mass is 494 g/mol. The summed E-state index contributed by atoms with van der Waals surface area (Å²) in [6.07, 6.45) is 2.41. The van der Waals surface area contributed by atoms with Gasteiger partial charge < -0.3 is 19.3 Å². The number of fused-ring (bicyclic) bond motifs is 1. The van der Waals surface area contributed by atoms with E-state index in [9.17, 15) is 14.0 Å². The Bertz CT molecular complexity index is 1230. The molecule has 2 amide bonds. The summed E-state index contributed by atoms with van der Waals surface area (Å²) in [5, 5.41) is 2.04. The molecule has 5 rings (SSSR count). The van der Waals surface area contributed by atoms with Gasteiger partial charge in [-0.05, 0) is 60.5 Å². The van der Waals surface area contributed by atoms with Gasteiger partial charge in [-0.25, -0.2) is 4.39 Å². The van der Waals surface area contributed by atoms with Crippen LogP contribution in [-0.2, 0) is 11.2 Å². The molecule has 1 aromatic heterocycles. The molecule has 0 saturated heterocycles. The van der Waals surface area contributed by atoms with Crippen molar-refractivity contribution in [1.82, 2.24) is 9.80 Å². The number of benzene rings is 2. The minimum Gasteiger partial charge on any atom is -0.497 e. The average molecular weight is 495 g/mol. The number of amides is 2. The van der Waals surface area contributed by atoms with Gasteiger partial charge >= 0.3 is 0 Å². The van der Waals surface area contributed by atoms with Crippen molar-refractivity contribution >= 4 is 23.2 Å². The van der Waals surface area contributed by atoms with Gasteiger partial charge in [0.25, 0.3) is 5.91 Å². The first-order valence-electron chi connectivity index (χ1n) is 11.7. The Kier molecular flexibility index (Phi) is 6.72. The average Bonchev–Trinajstić information content (AvgIpc) is 3.61. The lowest BCUT2D eigenvalue weighted by Crippen LogP contribution is -2.48. The van der Waals surface area contributed by atoms with E-state index in [-0.39, 0.29) is 36.7 Å². The number of nitrogens with zero attached hydrogens (tertiary/aromatic N) is 2. The standard InChI is InChI=1S/C27H27FN2O4S/c1-33-19-5-4-6-20(15-19)34-17-24-22-12-14-35-25(22)11-13-29(24)26(31)16-30(18-9-10-18)27(32)21-7-2-3-8-23(21)28/h2-8,12,14-15,18,24H,9-11,13,16-17H2,1H3. The summed E-state index contributed by atoms with van der Waals surface area (Å²) in [5.74, 6) is 0.200. The normalized spacial score (nSPS) is 17.0. The van der Waals surface area contributed by atoms with Crippen LogP contribution in [0.3, 0.4) is 0 Å². The molecule has 182 valence electrons. The topological polar surface area (TPSA) is 59.1 Å². The lowest BCUT2D eigenvalue weighted by atomic mass is 10.0. The first kappa shape index (κ1) is 23.4. The molecule has 0 N–H and O–H groups in total. The number of carbonyl (C=O) groups is 2. The van der Waals surface area contributed by atoms with E-state index >= 15 is 0 Å². The molecule has 35 heavy (non-hydrogen) atoms. The minimum absolute atomic E-state index is 0.00359. The van der Waals surface area contributed by atoms with Crippen LogP contribution in [0.15, 0.2) is 60.0 Å². The van der Waals surface area contributed by atoms with Crippen LogP contribution >= 0.6 is 11.3 Å². The Balaban J connectivity index is 1.35. The Morgan fingerprint density at radius 3 is 2.69 bits per heavy atom. The summed E-state index contributed by atoms with van der Waals surface area (Å²) in [5.41, 5.74) is 1.08. The largest absolute Gasteiger partial charge is 0.497 e. The van der Waals surface area contributed by atoms with E-state index in [4.69, 9.17) is 9.47 Å².